The van der Waals surface area contributed by atoms with Gasteiger partial charge in [-0.1, -0.05) is 41.5 Å². The number of hydrogen-bond acceptors (Lipinski definition) is 2. The largest absolute Gasteiger partial charge is 0.356 e. The molecule has 3 heteroatoms. The SMILES string of the molecule is CC.CCC(=O)NCC1CCC(C(=O)C(C)(C)C)CC1. The Kier molecular flexibility index (Phi) is 8.75. The lowest BCUT2D eigenvalue weighted by Crippen LogP contribution is -2.34. The van der Waals surface area contributed by atoms with Crippen molar-refractivity contribution in [1.29, 1.82) is 0 Å². The van der Waals surface area contributed by atoms with Crippen molar-refractivity contribution in [2.24, 2.45) is 17.3 Å². The van der Waals surface area contributed by atoms with Gasteiger partial charge in [0.1, 0.15) is 5.78 Å². The van der Waals surface area contributed by atoms with Crippen LogP contribution in [0, 0.1) is 17.3 Å². The van der Waals surface area contributed by atoms with Crippen LogP contribution in [0.3, 0.4) is 0 Å². The third-order valence-corrected chi connectivity index (χ3v) is 3.87. The highest BCUT2D eigenvalue weighted by Crippen LogP contribution is 2.33. The quantitative estimate of drug-likeness (QED) is 0.849. The first-order chi connectivity index (χ1) is 9.34. The molecule has 1 fully saturated rings. The second kappa shape index (κ2) is 9.15. The number of amides is 1. The van der Waals surface area contributed by atoms with E-state index in [0.717, 1.165) is 32.2 Å². The predicted molar refractivity (Wildman–Crippen MR) is 84.6 cm³/mol. The van der Waals surface area contributed by atoms with E-state index in [0.29, 0.717) is 18.1 Å². The number of carbonyl (C=O) groups is 2. The molecule has 1 amide bonds. The van der Waals surface area contributed by atoms with E-state index in [4.69, 9.17) is 0 Å². The molecule has 0 spiro atoms. The van der Waals surface area contributed by atoms with E-state index in [2.05, 4.69) is 5.32 Å². The summed E-state index contributed by atoms with van der Waals surface area (Å²) in [5.74, 6) is 1.33. The average molecular weight is 283 g/mol. The Morgan fingerprint density at radius 2 is 1.55 bits per heavy atom. The monoisotopic (exact) mass is 283 g/mol. The van der Waals surface area contributed by atoms with E-state index in [1.165, 1.54) is 0 Å². The molecule has 0 atom stereocenters. The van der Waals surface area contributed by atoms with Crippen LogP contribution >= 0.6 is 0 Å². The molecule has 0 aromatic carbocycles. The fourth-order valence-electron chi connectivity index (χ4n) is 2.62. The van der Waals surface area contributed by atoms with E-state index < -0.39 is 0 Å². The molecule has 3 nitrogen and oxygen atoms in total. The van der Waals surface area contributed by atoms with E-state index in [1.54, 1.807) is 0 Å². The Hall–Kier alpha value is -0.860. The van der Waals surface area contributed by atoms with Gasteiger partial charge in [-0.2, -0.15) is 0 Å². The van der Waals surface area contributed by atoms with Gasteiger partial charge in [0.2, 0.25) is 5.91 Å². The van der Waals surface area contributed by atoms with Crippen molar-refractivity contribution in [1.82, 2.24) is 5.32 Å². The number of carbonyl (C=O) groups excluding carboxylic acids is 2. The lowest BCUT2D eigenvalue weighted by molar-refractivity contribution is -0.131. The molecule has 0 saturated heterocycles. The molecule has 0 bridgehead atoms. The van der Waals surface area contributed by atoms with Crippen molar-refractivity contribution < 1.29 is 9.59 Å². The molecular formula is C17H33NO2. The minimum absolute atomic E-state index is 0.128. The molecule has 0 aromatic rings. The van der Waals surface area contributed by atoms with Gasteiger partial charge in [-0.25, -0.2) is 0 Å². The lowest BCUT2D eigenvalue weighted by Gasteiger charge is -2.31. The van der Waals surface area contributed by atoms with Crippen LogP contribution in [-0.4, -0.2) is 18.2 Å². The summed E-state index contributed by atoms with van der Waals surface area (Å²) in [6.07, 6.45) is 4.66. The molecule has 0 aromatic heterocycles. The van der Waals surface area contributed by atoms with Gasteiger partial charge in [-0.05, 0) is 31.6 Å². The second-order valence-electron chi connectivity index (χ2n) is 6.49. The minimum Gasteiger partial charge on any atom is -0.356 e. The summed E-state index contributed by atoms with van der Waals surface area (Å²) >= 11 is 0. The number of Topliss-reactive ketones (excluding diaryl/α,β-unsaturated/α-hetero) is 1. The zero-order chi connectivity index (χ0) is 15.8. The summed E-state index contributed by atoms with van der Waals surface area (Å²) in [6.45, 7) is 12.7. The highest BCUT2D eigenvalue weighted by Gasteiger charge is 2.32. The van der Waals surface area contributed by atoms with E-state index in [9.17, 15) is 9.59 Å². The van der Waals surface area contributed by atoms with Crippen molar-refractivity contribution in [3.63, 3.8) is 0 Å². The van der Waals surface area contributed by atoms with Crippen LogP contribution in [0.2, 0.25) is 0 Å². The maximum atomic E-state index is 12.2. The molecule has 1 N–H and O–H groups in total. The van der Waals surface area contributed by atoms with Crippen LogP contribution < -0.4 is 5.32 Å². The number of hydrogen-bond donors (Lipinski definition) is 1. The fraction of sp³-hybridized carbons (Fsp3) is 0.882. The molecule has 1 aliphatic rings. The van der Waals surface area contributed by atoms with E-state index in [1.807, 2.05) is 41.5 Å². The van der Waals surface area contributed by atoms with Gasteiger partial charge in [0.15, 0.2) is 0 Å². The Labute approximate surface area is 124 Å². The van der Waals surface area contributed by atoms with Gasteiger partial charge in [0, 0.05) is 24.3 Å². The molecule has 0 radical (unpaired) electrons. The molecule has 1 rings (SSSR count). The normalized spacial score (nSPS) is 22.5. The average Bonchev–Trinajstić information content (AvgIpc) is 2.45. The van der Waals surface area contributed by atoms with Crippen LogP contribution in [0.4, 0.5) is 0 Å². The van der Waals surface area contributed by atoms with Crippen molar-refractivity contribution in [3.8, 4) is 0 Å². The summed E-state index contributed by atoms with van der Waals surface area (Å²) < 4.78 is 0. The van der Waals surface area contributed by atoms with Crippen LogP contribution in [0.1, 0.15) is 73.6 Å². The summed E-state index contributed by atoms with van der Waals surface area (Å²) in [5, 5.41) is 2.95. The Balaban J connectivity index is 0.00000172. The third kappa shape index (κ3) is 6.53. The van der Waals surface area contributed by atoms with Crippen LogP contribution in [0.15, 0.2) is 0 Å². The zero-order valence-corrected chi connectivity index (χ0v) is 14.2. The third-order valence-electron chi connectivity index (χ3n) is 3.87. The highest BCUT2D eigenvalue weighted by molar-refractivity contribution is 5.86. The lowest BCUT2D eigenvalue weighted by atomic mass is 9.73. The molecule has 1 aliphatic carbocycles. The van der Waals surface area contributed by atoms with Gasteiger partial charge in [-0.3, -0.25) is 9.59 Å². The first-order valence-corrected chi connectivity index (χ1v) is 8.15. The second-order valence-corrected chi connectivity index (χ2v) is 6.49. The number of nitrogens with one attached hydrogen (secondary N) is 1. The number of rotatable bonds is 4. The Bertz CT molecular complexity index is 297. The van der Waals surface area contributed by atoms with Crippen LogP contribution in [-0.2, 0) is 9.59 Å². The first-order valence-electron chi connectivity index (χ1n) is 8.15. The summed E-state index contributed by atoms with van der Waals surface area (Å²) in [4.78, 5) is 23.4. The molecule has 1 saturated carbocycles. The summed E-state index contributed by atoms with van der Waals surface area (Å²) in [6, 6.07) is 0. The van der Waals surface area contributed by atoms with Crippen molar-refractivity contribution in [2.45, 2.75) is 73.6 Å². The highest BCUT2D eigenvalue weighted by atomic mass is 16.1. The molecule has 0 heterocycles. The van der Waals surface area contributed by atoms with Gasteiger partial charge < -0.3 is 5.32 Å². The van der Waals surface area contributed by atoms with Crippen molar-refractivity contribution >= 4 is 11.7 Å². The predicted octanol–water partition coefficient (Wildman–Crippen LogP) is 3.96. The maximum absolute atomic E-state index is 12.2. The molecule has 0 unspecified atom stereocenters. The topological polar surface area (TPSA) is 46.2 Å². The molecule has 0 aliphatic heterocycles. The maximum Gasteiger partial charge on any atom is 0.219 e. The first kappa shape index (κ1) is 19.1. The Morgan fingerprint density at radius 3 is 1.95 bits per heavy atom. The van der Waals surface area contributed by atoms with Crippen molar-refractivity contribution in [2.75, 3.05) is 6.54 Å². The molecule has 20 heavy (non-hydrogen) atoms. The van der Waals surface area contributed by atoms with Gasteiger partial charge in [0.05, 0.1) is 0 Å². The zero-order valence-electron chi connectivity index (χ0n) is 14.2. The van der Waals surface area contributed by atoms with Crippen LogP contribution in [0.25, 0.3) is 0 Å². The van der Waals surface area contributed by atoms with Gasteiger partial charge in [-0.15, -0.1) is 0 Å². The summed E-state index contributed by atoms with van der Waals surface area (Å²) in [7, 11) is 0. The van der Waals surface area contributed by atoms with Crippen molar-refractivity contribution in [3.05, 3.63) is 0 Å². The van der Waals surface area contributed by atoms with E-state index >= 15 is 0 Å². The number of ketones is 1. The molecular weight excluding hydrogens is 250 g/mol. The van der Waals surface area contributed by atoms with Crippen LogP contribution in [0.5, 0.6) is 0 Å². The summed E-state index contributed by atoms with van der Waals surface area (Å²) in [5.41, 5.74) is -0.214. The standard InChI is InChI=1S/C15H27NO2.C2H6/c1-5-13(17)16-10-11-6-8-12(9-7-11)14(18)15(2,3)4;1-2/h11-12H,5-10H2,1-4H3,(H,16,17);1-2H3. The van der Waals surface area contributed by atoms with Gasteiger partial charge >= 0.3 is 0 Å². The minimum atomic E-state index is -0.214. The smallest absolute Gasteiger partial charge is 0.219 e. The molecule has 118 valence electrons. The van der Waals surface area contributed by atoms with E-state index in [-0.39, 0.29) is 17.2 Å². The Morgan fingerprint density at radius 1 is 1.05 bits per heavy atom. The fourth-order valence-corrected chi connectivity index (χ4v) is 2.62. The van der Waals surface area contributed by atoms with Gasteiger partial charge in [0.25, 0.3) is 0 Å².